The molecular formula is C15H19Cl2NO3. The fourth-order valence-corrected chi connectivity index (χ4v) is 2.87. The Balaban J connectivity index is 1.87. The first kappa shape index (κ1) is 16.6. The van der Waals surface area contributed by atoms with E-state index in [0.29, 0.717) is 47.9 Å². The molecule has 1 amide bonds. The summed E-state index contributed by atoms with van der Waals surface area (Å²) in [5.74, 6) is 0.327. The summed E-state index contributed by atoms with van der Waals surface area (Å²) in [4.78, 5) is 14.3. The van der Waals surface area contributed by atoms with Gasteiger partial charge in [-0.25, -0.2) is 0 Å². The van der Waals surface area contributed by atoms with Crippen molar-refractivity contribution < 1.29 is 14.3 Å². The third-order valence-electron chi connectivity index (χ3n) is 3.52. The Morgan fingerprint density at radius 3 is 2.90 bits per heavy atom. The summed E-state index contributed by atoms with van der Waals surface area (Å²) in [5, 5.41) is 0.926. The number of carbonyl (C=O) groups is 1. The van der Waals surface area contributed by atoms with Gasteiger partial charge in [0.1, 0.15) is 0 Å². The number of carbonyl (C=O) groups excluding carboxylic acids is 1. The van der Waals surface area contributed by atoms with Crippen LogP contribution in [0.5, 0.6) is 0 Å². The van der Waals surface area contributed by atoms with Crippen molar-refractivity contribution >= 4 is 29.1 Å². The number of methoxy groups -OCH3 is 1. The Morgan fingerprint density at radius 1 is 1.38 bits per heavy atom. The first-order valence-electron chi connectivity index (χ1n) is 6.93. The summed E-state index contributed by atoms with van der Waals surface area (Å²) in [6.07, 6.45) is 0.948. The summed E-state index contributed by atoms with van der Waals surface area (Å²) in [6.45, 7) is 3.27. The lowest BCUT2D eigenvalue weighted by molar-refractivity contribution is 0.0515. The second kappa shape index (κ2) is 7.99. The van der Waals surface area contributed by atoms with E-state index in [9.17, 15) is 4.79 Å². The van der Waals surface area contributed by atoms with Crippen molar-refractivity contribution in [1.29, 1.82) is 0 Å². The standard InChI is InChI=1S/C15H19Cl2NO3/c1-20-6-7-21-10-11-4-5-18(9-11)15(19)13-3-2-12(16)8-14(13)17/h2-3,8,11H,4-7,9-10H2,1H3/t11-/m1/s1. The first-order valence-corrected chi connectivity index (χ1v) is 7.68. The van der Waals surface area contributed by atoms with E-state index in [2.05, 4.69) is 0 Å². The molecule has 0 aromatic heterocycles. The Hall–Kier alpha value is -0.810. The van der Waals surface area contributed by atoms with Crippen LogP contribution in [0.25, 0.3) is 0 Å². The van der Waals surface area contributed by atoms with Crippen molar-refractivity contribution in [2.45, 2.75) is 6.42 Å². The summed E-state index contributed by atoms with van der Waals surface area (Å²) in [6, 6.07) is 4.95. The third-order valence-corrected chi connectivity index (χ3v) is 4.07. The Labute approximate surface area is 134 Å². The number of halogens is 2. The van der Waals surface area contributed by atoms with Gasteiger partial charge in [-0.15, -0.1) is 0 Å². The van der Waals surface area contributed by atoms with Crippen molar-refractivity contribution in [1.82, 2.24) is 4.90 Å². The van der Waals surface area contributed by atoms with Crippen LogP contribution in [-0.4, -0.2) is 50.8 Å². The molecule has 0 saturated carbocycles. The maximum absolute atomic E-state index is 12.4. The summed E-state index contributed by atoms with van der Waals surface area (Å²) in [5.41, 5.74) is 0.502. The second-order valence-electron chi connectivity index (χ2n) is 5.10. The van der Waals surface area contributed by atoms with Gasteiger partial charge in [0, 0.05) is 31.1 Å². The van der Waals surface area contributed by atoms with Gasteiger partial charge in [-0.1, -0.05) is 23.2 Å². The minimum absolute atomic E-state index is 0.0453. The number of amides is 1. The predicted octanol–water partition coefficient (Wildman–Crippen LogP) is 3.12. The molecule has 0 bridgehead atoms. The molecule has 1 aliphatic rings. The quantitative estimate of drug-likeness (QED) is 0.752. The van der Waals surface area contributed by atoms with Crippen LogP contribution in [0.1, 0.15) is 16.8 Å². The van der Waals surface area contributed by atoms with Crippen molar-refractivity contribution in [3.05, 3.63) is 33.8 Å². The lowest BCUT2D eigenvalue weighted by Crippen LogP contribution is -2.29. The van der Waals surface area contributed by atoms with Crippen LogP contribution < -0.4 is 0 Å². The third kappa shape index (κ3) is 4.58. The van der Waals surface area contributed by atoms with Crippen LogP contribution in [0.2, 0.25) is 10.0 Å². The van der Waals surface area contributed by atoms with Crippen LogP contribution in [0, 0.1) is 5.92 Å². The largest absolute Gasteiger partial charge is 0.382 e. The molecule has 4 nitrogen and oxygen atoms in total. The van der Waals surface area contributed by atoms with E-state index in [1.54, 1.807) is 25.3 Å². The van der Waals surface area contributed by atoms with E-state index in [1.165, 1.54) is 0 Å². The molecule has 0 radical (unpaired) electrons. The van der Waals surface area contributed by atoms with Gasteiger partial charge in [-0.05, 0) is 24.6 Å². The molecular weight excluding hydrogens is 313 g/mol. The average molecular weight is 332 g/mol. The van der Waals surface area contributed by atoms with Crippen molar-refractivity contribution in [3.63, 3.8) is 0 Å². The van der Waals surface area contributed by atoms with Gasteiger partial charge >= 0.3 is 0 Å². The molecule has 0 aliphatic carbocycles. The Morgan fingerprint density at radius 2 is 2.19 bits per heavy atom. The number of ether oxygens (including phenoxy) is 2. The minimum Gasteiger partial charge on any atom is -0.382 e. The molecule has 1 aromatic rings. The fourth-order valence-electron chi connectivity index (χ4n) is 2.38. The molecule has 2 rings (SSSR count). The number of nitrogens with zero attached hydrogens (tertiary/aromatic N) is 1. The molecule has 1 atom stereocenters. The number of rotatable bonds is 6. The van der Waals surface area contributed by atoms with E-state index in [0.717, 1.165) is 13.0 Å². The maximum atomic E-state index is 12.4. The normalized spacial score (nSPS) is 18.2. The summed E-state index contributed by atoms with van der Waals surface area (Å²) < 4.78 is 10.5. The van der Waals surface area contributed by atoms with Crippen LogP contribution in [-0.2, 0) is 9.47 Å². The van der Waals surface area contributed by atoms with Gasteiger partial charge in [-0.2, -0.15) is 0 Å². The van der Waals surface area contributed by atoms with Gasteiger partial charge in [0.25, 0.3) is 5.91 Å². The lowest BCUT2D eigenvalue weighted by atomic mass is 10.1. The topological polar surface area (TPSA) is 38.8 Å². The monoisotopic (exact) mass is 331 g/mol. The van der Waals surface area contributed by atoms with E-state index >= 15 is 0 Å². The zero-order valence-electron chi connectivity index (χ0n) is 12.0. The van der Waals surface area contributed by atoms with E-state index in [4.69, 9.17) is 32.7 Å². The SMILES string of the molecule is COCCOC[C@@H]1CCN(C(=O)c2ccc(Cl)cc2Cl)C1. The molecule has 0 spiro atoms. The molecule has 1 saturated heterocycles. The highest BCUT2D eigenvalue weighted by atomic mass is 35.5. The van der Waals surface area contributed by atoms with E-state index in [-0.39, 0.29) is 5.91 Å². The number of benzene rings is 1. The highest BCUT2D eigenvalue weighted by molar-refractivity contribution is 6.36. The van der Waals surface area contributed by atoms with Crippen LogP contribution >= 0.6 is 23.2 Å². The van der Waals surface area contributed by atoms with Gasteiger partial charge < -0.3 is 14.4 Å². The first-order chi connectivity index (χ1) is 10.1. The maximum Gasteiger partial charge on any atom is 0.255 e. The Kier molecular flexibility index (Phi) is 6.30. The van der Waals surface area contributed by atoms with E-state index in [1.807, 2.05) is 4.90 Å². The smallest absolute Gasteiger partial charge is 0.255 e. The predicted molar refractivity (Wildman–Crippen MR) is 83.2 cm³/mol. The van der Waals surface area contributed by atoms with Gasteiger partial charge in [0.15, 0.2) is 0 Å². The molecule has 1 heterocycles. The van der Waals surface area contributed by atoms with Gasteiger partial charge in [-0.3, -0.25) is 4.79 Å². The van der Waals surface area contributed by atoms with Crippen molar-refractivity contribution in [3.8, 4) is 0 Å². The van der Waals surface area contributed by atoms with E-state index < -0.39 is 0 Å². The molecule has 1 aliphatic heterocycles. The second-order valence-corrected chi connectivity index (χ2v) is 5.94. The highest BCUT2D eigenvalue weighted by Gasteiger charge is 2.28. The Bertz CT molecular complexity index is 496. The van der Waals surface area contributed by atoms with Crippen molar-refractivity contribution in [2.24, 2.45) is 5.92 Å². The summed E-state index contributed by atoms with van der Waals surface area (Å²) >= 11 is 11.9. The number of hydrogen-bond acceptors (Lipinski definition) is 3. The molecule has 0 N–H and O–H groups in total. The number of likely N-dealkylation sites (tertiary alicyclic amines) is 1. The van der Waals surface area contributed by atoms with Crippen LogP contribution in [0.4, 0.5) is 0 Å². The molecule has 116 valence electrons. The van der Waals surface area contributed by atoms with Crippen LogP contribution in [0.15, 0.2) is 18.2 Å². The van der Waals surface area contributed by atoms with Crippen LogP contribution in [0.3, 0.4) is 0 Å². The van der Waals surface area contributed by atoms with Gasteiger partial charge in [0.2, 0.25) is 0 Å². The molecule has 1 aromatic carbocycles. The fraction of sp³-hybridized carbons (Fsp3) is 0.533. The average Bonchev–Trinajstić information content (AvgIpc) is 2.92. The van der Waals surface area contributed by atoms with Crippen molar-refractivity contribution in [2.75, 3.05) is 40.0 Å². The molecule has 0 unspecified atom stereocenters. The molecule has 21 heavy (non-hydrogen) atoms. The molecule has 6 heteroatoms. The zero-order chi connectivity index (χ0) is 15.2. The lowest BCUT2D eigenvalue weighted by Gasteiger charge is -2.17. The van der Waals surface area contributed by atoms with Gasteiger partial charge in [0.05, 0.1) is 30.4 Å². The zero-order valence-corrected chi connectivity index (χ0v) is 13.5. The number of hydrogen-bond donors (Lipinski definition) is 0. The molecule has 1 fully saturated rings. The minimum atomic E-state index is -0.0453. The summed E-state index contributed by atoms with van der Waals surface area (Å²) in [7, 11) is 1.65. The highest BCUT2D eigenvalue weighted by Crippen LogP contribution is 2.25.